The van der Waals surface area contributed by atoms with Crippen LogP contribution in [0.3, 0.4) is 0 Å². The highest BCUT2D eigenvalue weighted by Crippen LogP contribution is 2.30. The van der Waals surface area contributed by atoms with Gasteiger partial charge < -0.3 is 10.6 Å². The topological polar surface area (TPSA) is 72.4 Å². The highest BCUT2D eigenvalue weighted by molar-refractivity contribution is 5.58. The van der Waals surface area contributed by atoms with Crippen LogP contribution < -0.4 is 10.6 Å². The Morgan fingerprint density at radius 2 is 2.11 bits per heavy atom. The normalized spacial score (nSPS) is 16.6. The van der Waals surface area contributed by atoms with Crippen LogP contribution in [-0.4, -0.2) is 24.6 Å². The van der Waals surface area contributed by atoms with E-state index in [0.29, 0.717) is 5.92 Å². The molecule has 104 valence electrons. The number of piperidine rings is 1. The molecule has 0 spiro atoms. The summed E-state index contributed by atoms with van der Waals surface area (Å²) in [5.41, 5.74) is 7.87. The zero-order valence-electron chi connectivity index (χ0n) is 11.3. The molecule has 1 fully saturated rings. The molecule has 2 N–H and O–H groups in total. The van der Waals surface area contributed by atoms with Crippen molar-refractivity contribution in [3.05, 3.63) is 33.9 Å². The zero-order chi connectivity index (χ0) is 13.8. The summed E-state index contributed by atoms with van der Waals surface area (Å²) >= 11 is 0. The zero-order valence-corrected chi connectivity index (χ0v) is 11.3. The van der Waals surface area contributed by atoms with Crippen molar-refractivity contribution in [3.8, 4) is 0 Å². The van der Waals surface area contributed by atoms with Crippen LogP contribution in [0.1, 0.15) is 24.8 Å². The average Bonchev–Trinajstić information content (AvgIpc) is 2.40. The molecule has 0 saturated carbocycles. The van der Waals surface area contributed by atoms with Crippen molar-refractivity contribution in [2.75, 3.05) is 24.5 Å². The lowest BCUT2D eigenvalue weighted by molar-refractivity contribution is -0.384. The van der Waals surface area contributed by atoms with Gasteiger partial charge in [0, 0.05) is 30.9 Å². The van der Waals surface area contributed by atoms with Crippen molar-refractivity contribution in [1.29, 1.82) is 0 Å². The van der Waals surface area contributed by atoms with Crippen molar-refractivity contribution in [2.45, 2.75) is 26.2 Å². The molecular weight excluding hydrogens is 242 g/mol. The van der Waals surface area contributed by atoms with Gasteiger partial charge in [-0.2, -0.15) is 0 Å². The van der Waals surface area contributed by atoms with Gasteiger partial charge in [-0.3, -0.25) is 10.1 Å². The third-order valence-electron chi connectivity index (χ3n) is 3.93. The van der Waals surface area contributed by atoms with E-state index in [9.17, 15) is 10.1 Å². The highest BCUT2D eigenvalue weighted by atomic mass is 16.6. The van der Waals surface area contributed by atoms with E-state index in [4.69, 9.17) is 5.73 Å². The summed E-state index contributed by atoms with van der Waals surface area (Å²) in [6.45, 7) is 4.69. The summed E-state index contributed by atoms with van der Waals surface area (Å²) in [5.74, 6) is 0.709. The van der Waals surface area contributed by atoms with Gasteiger partial charge in [0.1, 0.15) is 0 Å². The monoisotopic (exact) mass is 263 g/mol. The van der Waals surface area contributed by atoms with Crippen LogP contribution in [0, 0.1) is 23.0 Å². The van der Waals surface area contributed by atoms with Crippen LogP contribution in [0.5, 0.6) is 0 Å². The summed E-state index contributed by atoms with van der Waals surface area (Å²) in [6.07, 6.45) is 3.33. The molecule has 2 rings (SSSR count). The van der Waals surface area contributed by atoms with Gasteiger partial charge in [-0.1, -0.05) is 6.07 Å². The molecule has 19 heavy (non-hydrogen) atoms. The number of nitrogens with two attached hydrogens (primary N) is 1. The molecule has 0 radical (unpaired) electrons. The molecule has 1 aliphatic heterocycles. The first-order valence-electron chi connectivity index (χ1n) is 6.82. The Labute approximate surface area is 113 Å². The fourth-order valence-corrected chi connectivity index (χ4v) is 2.75. The van der Waals surface area contributed by atoms with E-state index in [-0.39, 0.29) is 10.6 Å². The molecule has 1 aromatic carbocycles. The Balaban J connectivity index is 2.10. The van der Waals surface area contributed by atoms with Gasteiger partial charge in [-0.25, -0.2) is 0 Å². The summed E-state index contributed by atoms with van der Waals surface area (Å²) in [4.78, 5) is 12.8. The van der Waals surface area contributed by atoms with E-state index in [1.165, 1.54) is 0 Å². The van der Waals surface area contributed by atoms with Crippen molar-refractivity contribution < 1.29 is 4.92 Å². The standard InChI is InChI=1S/C14H21N3O2/c1-11-2-3-13(17(18)19)10-14(11)16-8-5-12(4-7-15)6-9-16/h2-3,10,12H,4-9,15H2,1H3. The third-order valence-corrected chi connectivity index (χ3v) is 3.93. The van der Waals surface area contributed by atoms with E-state index in [1.807, 2.05) is 13.0 Å². The van der Waals surface area contributed by atoms with Gasteiger partial charge in [0.25, 0.3) is 5.69 Å². The molecule has 1 aromatic rings. The number of aryl methyl sites for hydroxylation is 1. The van der Waals surface area contributed by atoms with Crippen LogP contribution in [-0.2, 0) is 0 Å². The second kappa shape index (κ2) is 6.02. The van der Waals surface area contributed by atoms with Crippen LogP contribution in [0.15, 0.2) is 18.2 Å². The molecule has 1 heterocycles. The highest BCUT2D eigenvalue weighted by Gasteiger charge is 2.21. The number of nitro groups is 1. The summed E-state index contributed by atoms with van der Waals surface area (Å²) in [7, 11) is 0. The number of non-ortho nitro benzene ring substituents is 1. The number of nitrogens with zero attached hydrogens (tertiary/aromatic N) is 2. The Kier molecular flexibility index (Phi) is 4.37. The van der Waals surface area contributed by atoms with Crippen molar-refractivity contribution >= 4 is 11.4 Å². The number of rotatable bonds is 4. The fourth-order valence-electron chi connectivity index (χ4n) is 2.75. The number of benzene rings is 1. The lowest BCUT2D eigenvalue weighted by Crippen LogP contribution is -2.34. The number of hydrogen-bond donors (Lipinski definition) is 1. The SMILES string of the molecule is Cc1ccc([N+](=O)[O-])cc1N1CCC(CCN)CC1. The average molecular weight is 263 g/mol. The largest absolute Gasteiger partial charge is 0.371 e. The predicted molar refractivity (Wildman–Crippen MR) is 76.4 cm³/mol. The predicted octanol–water partition coefficient (Wildman–Crippen LogP) is 2.47. The summed E-state index contributed by atoms with van der Waals surface area (Å²) in [6, 6.07) is 5.10. The smallest absolute Gasteiger partial charge is 0.271 e. The fraction of sp³-hybridized carbons (Fsp3) is 0.571. The van der Waals surface area contributed by atoms with Gasteiger partial charge in [0.15, 0.2) is 0 Å². The van der Waals surface area contributed by atoms with Crippen LogP contribution in [0.2, 0.25) is 0 Å². The summed E-state index contributed by atoms with van der Waals surface area (Å²) in [5, 5.41) is 10.9. The first-order valence-corrected chi connectivity index (χ1v) is 6.82. The Hall–Kier alpha value is -1.62. The number of nitro benzene ring substituents is 1. The first kappa shape index (κ1) is 13.8. The molecule has 5 nitrogen and oxygen atoms in total. The quantitative estimate of drug-likeness (QED) is 0.669. The second-order valence-corrected chi connectivity index (χ2v) is 5.24. The minimum Gasteiger partial charge on any atom is -0.371 e. The van der Waals surface area contributed by atoms with Crippen LogP contribution in [0.4, 0.5) is 11.4 Å². The molecule has 1 saturated heterocycles. The van der Waals surface area contributed by atoms with Gasteiger partial charge in [-0.05, 0) is 44.2 Å². The Morgan fingerprint density at radius 3 is 2.68 bits per heavy atom. The van der Waals surface area contributed by atoms with E-state index < -0.39 is 0 Å². The molecular formula is C14H21N3O2. The van der Waals surface area contributed by atoms with E-state index in [0.717, 1.165) is 50.1 Å². The third kappa shape index (κ3) is 3.23. The maximum Gasteiger partial charge on any atom is 0.271 e. The Morgan fingerprint density at radius 1 is 1.42 bits per heavy atom. The molecule has 0 aromatic heterocycles. The molecule has 1 aliphatic rings. The maximum atomic E-state index is 10.9. The minimum absolute atomic E-state index is 0.171. The van der Waals surface area contributed by atoms with E-state index >= 15 is 0 Å². The molecule has 0 atom stereocenters. The minimum atomic E-state index is -0.329. The van der Waals surface area contributed by atoms with Crippen molar-refractivity contribution in [2.24, 2.45) is 11.7 Å². The van der Waals surface area contributed by atoms with E-state index in [2.05, 4.69) is 4.90 Å². The van der Waals surface area contributed by atoms with Crippen LogP contribution >= 0.6 is 0 Å². The Bertz CT molecular complexity index is 454. The van der Waals surface area contributed by atoms with Gasteiger partial charge in [0.05, 0.1) is 4.92 Å². The second-order valence-electron chi connectivity index (χ2n) is 5.24. The van der Waals surface area contributed by atoms with Crippen molar-refractivity contribution in [1.82, 2.24) is 0 Å². The maximum absolute atomic E-state index is 10.9. The van der Waals surface area contributed by atoms with Gasteiger partial charge in [-0.15, -0.1) is 0 Å². The lowest BCUT2D eigenvalue weighted by Gasteiger charge is -2.34. The van der Waals surface area contributed by atoms with Crippen LogP contribution in [0.25, 0.3) is 0 Å². The summed E-state index contributed by atoms with van der Waals surface area (Å²) < 4.78 is 0. The lowest BCUT2D eigenvalue weighted by atomic mass is 9.93. The van der Waals surface area contributed by atoms with E-state index in [1.54, 1.807) is 12.1 Å². The number of anilines is 1. The molecule has 5 heteroatoms. The number of hydrogen-bond acceptors (Lipinski definition) is 4. The first-order chi connectivity index (χ1) is 9.11. The van der Waals surface area contributed by atoms with Gasteiger partial charge >= 0.3 is 0 Å². The molecule has 0 bridgehead atoms. The molecule has 0 amide bonds. The molecule has 0 aliphatic carbocycles. The molecule has 0 unspecified atom stereocenters. The van der Waals surface area contributed by atoms with Crippen molar-refractivity contribution in [3.63, 3.8) is 0 Å². The van der Waals surface area contributed by atoms with Gasteiger partial charge in [0.2, 0.25) is 0 Å².